The van der Waals surface area contributed by atoms with E-state index in [1.165, 1.54) is 18.6 Å². The van der Waals surface area contributed by atoms with Gasteiger partial charge in [-0.05, 0) is 49.2 Å². The molecule has 0 aromatic heterocycles. The summed E-state index contributed by atoms with van der Waals surface area (Å²) in [6.07, 6.45) is -0.311. The fourth-order valence-corrected chi connectivity index (χ4v) is 3.60. The summed E-state index contributed by atoms with van der Waals surface area (Å²) in [5.74, 6) is 0.828. The third kappa shape index (κ3) is 9.97. The van der Waals surface area contributed by atoms with Crippen molar-refractivity contribution < 1.29 is 24.2 Å². The van der Waals surface area contributed by atoms with Crippen LogP contribution in [-0.2, 0) is 16.2 Å². The second kappa shape index (κ2) is 16.2. The summed E-state index contributed by atoms with van der Waals surface area (Å²) in [6.45, 7) is 12.9. The summed E-state index contributed by atoms with van der Waals surface area (Å²) in [7, 11) is 1.88. The molecule has 2 N–H and O–H groups in total. The molecule has 0 spiro atoms. The first-order chi connectivity index (χ1) is 18.0. The highest BCUT2D eigenvalue weighted by atomic mass is 35.5. The predicted molar refractivity (Wildman–Crippen MR) is 149 cm³/mol. The van der Waals surface area contributed by atoms with Crippen molar-refractivity contribution in [3.8, 4) is 5.75 Å². The number of nitrogens with zero attached hydrogens (tertiary/aromatic N) is 4. The number of rotatable bonds is 7. The molecule has 210 valence electrons. The van der Waals surface area contributed by atoms with Crippen LogP contribution in [0.1, 0.15) is 52.2 Å². The summed E-state index contributed by atoms with van der Waals surface area (Å²) < 4.78 is 10.6. The number of guanidine groups is 1. The van der Waals surface area contributed by atoms with Crippen LogP contribution < -0.4 is 10.5 Å². The van der Waals surface area contributed by atoms with Crippen molar-refractivity contribution in [3.63, 3.8) is 0 Å². The molecule has 1 unspecified atom stereocenters. The molecule has 11 nitrogen and oxygen atoms in total. The van der Waals surface area contributed by atoms with Gasteiger partial charge in [0.05, 0.1) is 10.7 Å². The van der Waals surface area contributed by atoms with E-state index in [1.807, 2.05) is 37.6 Å². The zero-order valence-corrected chi connectivity index (χ0v) is 23.8. The number of aryl methyl sites for hydroxylation is 1. The maximum absolute atomic E-state index is 12.3. The molecule has 0 radical (unpaired) electrons. The standard InChI is InChI=1S/C21H24ClN5O6.C3H8.C2H6/c1-13-10-16(23)11-18(22)19(13)24-20-25(3)8-9-26(20)14(2)32-21(28)33-17-6-4-15(5-7-17)12-31-27(29)30;1-3-2;1-2/h4-7,10-11,14H,8-9,12,23H2,1-3H3;3H2,1-2H3;1-2H3. The van der Waals surface area contributed by atoms with E-state index in [0.717, 1.165) is 5.56 Å². The Hall–Kier alpha value is -3.73. The maximum atomic E-state index is 12.3. The average Bonchev–Trinajstić information content (AvgIpc) is 3.22. The molecule has 2 aromatic rings. The molecular formula is C26H38ClN5O6. The number of halogens is 1. The number of nitrogen functional groups attached to an aromatic ring is 1. The van der Waals surface area contributed by atoms with Crippen LogP contribution in [0, 0.1) is 17.0 Å². The Labute approximate surface area is 229 Å². The van der Waals surface area contributed by atoms with Gasteiger partial charge in [0.25, 0.3) is 5.09 Å². The fraction of sp³-hybridized carbons (Fsp3) is 0.462. The topological polar surface area (TPSA) is 133 Å². The van der Waals surface area contributed by atoms with Gasteiger partial charge in [-0.2, -0.15) is 0 Å². The highest BCUT2D eigenvalue weighted by molar-refractivity contribution is 6.33. The molecule has 1 atom stereocenters. The van der Waals surface area contributed by atoms with Crippen LogP contribution in [0.3, 0.4) is 0 Å². The molecule has 0 saturated carbocycles. The number of benzene rings is 2. The van der Waals surface area contributed by atoms with E-state index < -0.39 is 17.5 Å². The first-order valence-corrected chi connectivity index (χ1v) is 12.8. The van der Waals surface area contributed by atoms with Crippen molar-refractivity contribution in [2.75, 3.05) is 25.9 Å². The van der Waals surface area contributed by atoms with Crippen molar-refractivity contribution in [3.05, 3.63) is 62.7 Å². The van der Waals surface area contributed by atoms with Gasteiger partial charge in [0.15, 0.2) is 6.23 Å². The van der Waals surface area contributed by atoms with Crippen molar-refractivity contribution in [1.29, 1.82) is 0 Å². The minimum Gasteiger partial charge on any atom is -0.410 e. The Morgan fingerprint density at radius 2 is 1.82 bits per heavy atom. The molecule has 2 aromatic carbocycles. The summed E-state index contributed by atoms with van der Waals surface area (Å²) in [6, 6.07) is 9.51. The van der Waals surface area contributed by atoms with Crippen LogP contribution in [0.15, 0.2) is 41.4 Å². The van der Waals surface area contributed by atoms with Gasteiger partial charge >= 0.3 is 6.16 Å². The summed E-state index contributed by atoms with van der Waals surface area (Å²) >= 11 is 6.34. The second-order valence-electron chi connectivity index (χ2n) is 8.11. The lowest BCUT2D eigenvalue weighted by Crippen LogP contribution is -2.40. The lowest BCUT2D eigenvalue weighted by atomic mass is 10.2. The minimum atomic E-state index is -0.896. The zero-order chi connectivity index (χ0) is 28.8. The van der Waals surface area contributed by atoms with Gasteiger partial charge in [0.1, 0.15) is 12.4 Å². The maximum Gasteiger partial charge on any atom is 0.515 e. The van der Waals surface area contributed by atoms with Gasteiger partial charge in [0, 0.05) is 25.8 Å². The molecule has 0 bridgehead atoms. The van der Waals surface area contributed by atoms with E-state index in [4.69, 9.17) is 31.8 Å². The van der Waals surface area contributed by atoms with Crippen molar-refractivity contribution >= 4 is 35.1 Å². The van der Waals surface area contributed by atoms with Gasteiger partial charge in [-0.25, -0.2) is 9.79 Å². The predicted octanol–water partition coefficient (Wildman–Crippen LogP) is 6.18. The highest BCUT2D eigenvalue weighted by Gasteiger charge is 2.30. The second-order valence-corrected chi connectivity index (χ2v) is 8.52. The number of aliphatic imine (C=N–C) groups is 1. The van der Waals surface area contributed by atoms with Crippen LogP contribution in [0.25, 0.3) is 0 Å². The smallest absolute Gasteiger partial charge is 0.410 e. The van der Waals surface area contributed by atoms with E-state index in [-0.39, 0.29) is 12.4 Å². The fourth-order valence-electron chi connectivity index (χ4n) is 3.28. The van der Waals surface area contributed by atoms with Crippen molar-refractivity contribution in [2.45, 2.75) is 60.8 Å². The number of anilines is 1. The summed E-state index contributed by atoms with van der Waals surface area (Å²) in [5, 5.41) is 9.81. The van der Waals surface area contributed by atoms with Crippen LogP contribution in [0.2, 0.25) is 5.02 Å². The molecule has 1 aliphatic heterocycles. The van der Waals surface area contributed by atoms with Crippen LogP contribution >= 0.6 is 11.6 Å². The lowest BCUT2D eigenvalue weighted by Gasteiger charge is -2.26. The molecule has 38 heavy (non-hydrogen) atoms. The summed E-state index contributed by atoms with van der Waals surface area (Å²) in [4.78, 5) is 35.3. The highest BCUT2D eigenvalue weighted by Crippen LogP contribution is 2.32. The van der Waals surface area contributed by atoms with E-state index in [0.29, 0.717) is 41.0 Å². The molecule has 0 amide bonds. The monoisotopic (exact) mass is 551 g/mol. The molecular weight excluding hydrogens is 514 g/mol. The number of nitrogens with two attached hydrogens (primary N) is 1. The van der Waals surface area contributed by atoms with E-state index >= 15 is 0 Å². The molecule has 1 heterocycles. The Kier molecular flexibility index (Phi) is 13.8. The Morgan fingerprint density at radius 1 is 1.21 bits per heavy atom. The minimum absolute atomic E-state index is 0.198. The van der Waals surface area contributed by atoms with Gasteiger partial charge in [-0.3, -0.25) is 0 Å². The SMILES string of the molecule is CC.CCC.Cc1cc(N)cc(Cl)c1N=C1N(C)CCN1C(C)OC(=O)Oc1ccc(CO[N+](=O)[O-])cc1. The van der Waals surface area contributed by atoms with E-state index in [2.05, 4.69) is 18.7 Å². The van der Waals surface area contributed by atoms with E-state index in [9.17, 15) is 14.9 Å². The third-order valence-corrected chi connectivity index (χ3v) is 5.22. The van der Waals surface area contributed by atoms with Crippen LogP contribution in [-0.4, -0.2) is 53.4 Å². The third-order valence-electron chi connectivity index (χ3n) is 4.93. The van der Waals surface area contributed by atoms with Gasteiger partial charge in [-0.1, -0.05) is 57.8 Å². The van der Waals surface area contributed by atoms with Crippen molar-refractivity contribution in [1.82, 2.24) is 9.80 Å². The molecule has 1 fully saturated rings. The molecule has 12 heteroatoms. The number of ether oxygens (including phenoxy) is 2. The van der Waals surface area contributed by atoms with Gasteiger partial charge in [-0.15, -0.1) is 10.1 Å². The quantitative estimate of drug-likeness (QED) is 0.141. The number of likely N-dealkylation sites (N-methyl/N-ethyl adjacent to an activating group) is 1. The molecule has 0 aliphatic carbocycles. The summed E-state index contributed by atoms with van der Waals surface area (Å²) in [5.41, 5.74) is 8.36. The lowest BCUT2D eigenvalue weighted by molar-refractivity contribution is -0.763. The normalized spacial score (nSPS) is 14.1. The number of carbonyl (C=O) groups is 1. The first-order valence-electron chi connectivity index (χ1n) is 12.4. The number of hydrogen-bond acceptors (Lipinski definition) is 8. The molecule has 1 aliphatic rings. The Bertz CT molecular complexity index is 1060. The molecule has 1 saturated heterocycles. The Balaban J connectivity index is 0.00000135. The van der Waals surface area contributed by atoms with Crippen LogP contribution in [0.5, 0.6) is 5.75 Å². The van der Waals surface area contributed by atoms with Gasteiger partial charge in [0.2, 0.25) is 5.96 Å². The van der Waals surface area contributed by atoms with Crippen molar-refractivity contribution in [2.24, 2.45) is 4.99 Å². The van der Waals surface area contributed by atoms with E-state index in [1.54, 1.807) is 31.2 Å². The Morgan fingerprint density at radius 3 is 2.37 bits per heavy atom. The average molecular weight is 552 g/mol. The number of hydrogen-bond donors (Lipinski definition) is 1. The zero-order valence-electron chi connectivity index (χ0n) is 23.1. The van der Waals surface area contributed by atoms with Crippen LogP contribution in [0.4, 0.5) is 16.2 Å². The largest absolute Gasteiger partial charge is 0.515 e. The van der Waals surface area contributed by atoms with Gasteiger partial charge < -0.3 is 29.8 Å². The number of carbonyl (C=O) groups excluding carboxylic acids is 1. The first kappa shape index (κ1) is 32.3. The molecule has 3 rings (SSSR count).